The average molecular weight is 824 g/mol. The number of hydrogen-bond donors (Lipinski definition) is 0. The third kappa shape index (κ3) is 6.52. The van der Waals surface area contributed by atoms with Gasteiger partial charge in [-0.1, -0.05) is 140 Å². The third-order valence-corrected chi connectivity index (χ3v) is 12.2. The average Bonchev–Trinajstić information content (AvgIpc) is 3.73. The molecule has 12 rings (SSSR count). The van der Waals surface area contributed by atoms with Gasteiger partial charge < -0.3 is 9.13 Å². The molecule has 0 fully saturated rings. The summed E-state index contributed by atoms with van der Waals surface area (Å²) in [6.45, 7) is 0. The number of fused-ring (bicyclic) bond motifs is 6. The van der Waals surface area contributed by atoms with Gasteiger partial charge in [-0.3, -0.25) is 0 Å². The van der Waals surface area contributed by atoms with Crippen LogP contribution in [0.25, 0.3) is 113 Å². The van der Waals surface area contributed by atoms with Crippen LogP contribution in [0.3, 0.4) is 0 Å². The van der Waals surface area contributed by atoms with E-state index in [-0.39, 0.29) is 5.82 Å². The summed E-state index contributed by atoms with van der Waals surface area (Å²) in [7, 11) is 0. The van der Waals surface area contributed by atoms with E-state index in [4.69, 9.17) is 15.0 Å². The van der Waals surface area contributed by atoms with Gasteiger partial charge in [-0.25, -0.2) is 19.3 Å². The lowest BCUT2D eigenvalue weighted by atomic mass is 10.00. The standard InChI is InChI=1S/C58H38FN5/c59-45-34-43(33-44(35-45)58-61-56(39-15-5-1-6-16-39)60-57(62-58)40-17-7-2-8-18-40)42-28-32-55-51(37-42)49-22-13-14-24-53(49)64(55)47-29-25-38(26-30-47)41-27-31-54-50(36-41)48-21-11-4-12-23-52(48)63(54)46-19-9-3-10-20-46/h1-3,5-37H,4H2. The van der Waals surface area contributed by atoms with Crippen LogP contribution in [0.15, 0.2) is 206 Å². The Balaban J connectivity index is 0.923. The molecule has 0 amide bonds. The largest absolute Gasteiger partial charge is 0.309 e. The predicted molar refractivity (Wildman–Crippen MR) is 261 cm³/mol. The van der Waals surface area contributed by atoms with E-state index in [1.165, 1.54) is 33.8 Å². The molecule has 0 N–H and O–H groups in total. The van der Waals surface area contributed by atoms with Crippen LogP contribution in [0.2, 0.25) is 0 Å². The van der Waals surface area contributed by atoms with Crippen molar-refractivity contribution < 1.29 is 4.39 Å². The third-order valence-electron chi connectivity index (χ3n) is 12.2. The molecule has 3 heterocycles. The van der Waals surface area contributed by atoms with Gasteiger partial charge in [-0.2, -0.15) is 0 Å². The van der Waals surface area contributed by atoms with Crippen LogP contribution in [0.1, 0.15) is 17.7 Å². The van der Waals surface area contributed by atoms with Gasteiger partial charge in [-0.15, -0.1) is 0 Å². The minimum absolute atomic E-state index is 0.366. The monoisotopic (exact) mass is 823 g/mol. The second-order valence-corrected chi connectivity index (χ2v) is 16.1. The lowest BCUT2D eigenvalue weighted by molar-refractivity contribution is 0.628. The molecule has 8 aromatic carbocycles. The summed E-state index contributed by atoms with van der Waals surface area (Å²) >= 11 is 0. The molecule has 0 aliphatic heterocycles. The Labute approximate surface area is 369 Å². The van der Waals surface area contributed by atoms with E-state index in [0.29, 0.717) is 23.0 Å². The molecule has 0 bridgehead atoms. The molecule has 0 radical (unpaired) electrons. The second-order valence-electron chi connectivity index (χ2n) is 16.1. The summed E-state index contributed by atoms with van der Waals surface area (Å²) in [6, 6.07) is 65.8. The molecule has 11 aromatic rings. The summed E-state index contributed by atoms with van der Waals surface area (Å²) in [5, 5.41) is 3.43. The van der Waals surface area contributed by atoms with Gasteiger partial charge in [0.2, 0.25) is 0 Å². The maximum absolute atomic E-state index is 15.8. The minimum atomic E-state index is -0.366. The Morgan fingerprint density at radius 2 is 0.875 bits per heavy atom. The van der Waals surface area contributed by atoms with Crippen LogP contribution in [-0.4, -0.2) is 24.1 Å². The first-order chi connectivity index (χ1) is 31.6. The first-order valence-electron chi connectivity index (χ1n) is 21.5. The first kappa shape index (κ1) is 37.3. The van der Waals surface area contributed by atoms with E-state index in [1.54, 1.807) is 6.07 Å². The quantitative estimate of drug-likeness (QED) is 0.161. The number of hydrogen-bond acceptors (Lipinski definition) is 3. The molecule has 0 spiro atoms. The van der Waals surface area contributed by atoms with Crippen molar-refractivity contribution in [1.29, 1.82) is 0 Å². The molecule has 64 heavy (non-hydrogen) atoms. The highest BCUT2D eigenvalue weighted by Gasteiger charge is 2.19. The van der Waals surface area contributed by atoms with Crippen molar-refractivity contribution in [2.75, 3.05) is 0 Å². The van der Waals surface area contributed by atoms with Gasteiger partial charge in [-0.05, 0) is 108 Å². The van der Waals surface area contributed by atoms with Crippen LogP contribution in [0.5, 0.6) is 0 Å². The zero-order chi connectivity index (χ0) is 42.6. The highest BCUT2D eigenvalue weighted by atomic mass is 19.1. The van der Waals surface area contributed by atoms with E-state index in [1.807, 2.05) is 66.7 Å². The predicted octanol–water partition coefficient (Wildman–Crippen LogP) is 14.8. The van der Waals surface area contributed by atoms with Crippen molar-refractivity contribution in [3.63, 3.8) is 0 Å². The molecule has 5 nitrogen and oxygen atoms in total. The van der Waals surface area contributed by atoms with Crippen molar-refractivity contribution >= 4 is 44.9 Å². The number of nitrogens with zero attached hydrogens (tertiary/aromatic N) is 5. The van der Waals surface area contributed by atoms with Gasteiger partial charge in [0.1, 0.15) is 5.82 Å². The maximum atomic E-state index is 15.8. The van der Waals surface area contributed by atoms with Crippen molar-refractivity contribution in [2.24, 2.45) is 0 Å². The molecular weight excluding hydrogens is 786 g/mol. The van der Waals surface area contributed by atoms with Gasteiger partial charge in [0.25, 0.3) is 0 Å². The molecule has 0 unspecified atom stereocenters. The van der Waals surface area contributed by atoms with Crippen LogP contribution < -0.4 is 0 Å². The minimum Gasteiger partial charge on any atom is -0.309 e. The number of rotatable bonds is 7. The number of aromatic nitrogens is 5. The van der Waals surface area contributed by atoms with Gasteiger partial charge in [0, 0.05) is 49.8 Å². The van der Waals surface area contributed by atoms with Crippen LogP contribution in [0, 0.1) is 5.82 Å². The fraction of sp³-hybridized carbons (Fsp3) is 0.0172. The Bertz CT molecular complexity index is 3560. The Morgan fingerprint density at radius 1 is 0.359 bits per heavy atom. The van der Waals surface area contributed by atoms with Crippen molar-refractivity contribution in [3.05, 3.63) is 223 Å². The van der Waals surface area contributed by atoms with Gasteiger partial charge >= 0.3 is 0 Å². The first-order valence-corrected chi connectivity index (χ1v) is 21.5. The zero-order valence-corrected chi connectivity index (χ0v) is 34.6. The molecular formula is C58H38FN5. The van der Waals surface area contributed by atoms with Crippen LogP contribution in [-0.2, 0) is 0 Å². The Morgan fingerprint density at radius 3 is 1.58 bits per heavy atom. The van der Waals surface area contributed by atoms with E-state index in [0.717, 1.165) is 67.4 Å². The Hall–Kier alpha value is -8.48. The van der Waals surface area contributed by atoms with Gasteiger partial charge in [0.15, 0.2) is 17.5 Å². The van der Waals surface area contributed by atoms with Crippen molar-refractivity contribution in [2.45, 2.75) is 6.42 Å². The molecule has 0 atom stereocenters. The molecule has 1 aliphatic carbocycles. The molecule has 0 saturated heterocycles. The fourth-order valence-corrected chi connectivity index (χ4v) is 9.21. The smallest absolute Gasteiger partial charge is 0.164 e. The number of para-hydroxylation sites is 2. The summed E-state index contributed by atoms with van der Waals surface area (Å²) in [4.78, 5) is 14.6. The van der Waals surface area contributed by atoms with E-state index in [9.17, 15) is 0 Å². The second kappa shape index (κ2) is 15.5. The lowest BCUT2D eigenvalue weighted by Gasteiger charge is -2.11. The zero-order valence-electron chi connectivity index (χ0n) is 34.6. The normalized spacial score (nSPS) is 12.3. The number of allylic oxidation sites excluding steroid dienone is 2. The molecule has 0 saturated carbocycles. The molecule has 3 aromatic heterocycles. The van der Waals surface area contributed by atoms with Crippen molar-refractivity contribution in [3.8, 4) is 67.8 Å². The summed E-state index contributed by atoms with van der Waals surface area (Å²) in [5.74, 6) is 1.10. The highest BCUT2D eigenvalue weighted by molar-refractivity contribution is 6.10. The SMILES string of the molecule is Fc1cc(-c2ccc3c(c2)c2ccccc2n3-c2ccc(-c3ccc4c(c3)c3c(n4-c4ccccc4)C=CCC=C3)cc2)cc(-c2nc(-c3ccccc3)nc(-c3ccccc3)n2)c1. The Kier molecular flexibility index (Phi) is 9.01. The summed E-state index contributed by atoms with van der Waals surface area (Å²) < 4.78 is 20.4. The maximum Gasteiger partial charge on any atom is 0.164 e. The number of halogens is 1. The highest BCUT2D eigenvalue weighted by Crippen LogP contribution is 2.39. The molecule has 302 valence electrons. The molecule has 6 heteroatoms. The van der Waals surface area contributed by atoms with Crippen LogP contribution >= 0.6 is 0 Å². The fourth-order valence-electron chi connectivity index (χ4n) is 9.21. The van der Waals surface area contributed by atoms with E-state index < -0.39 is 0 Å². The summed E-state index contributed by atoms with van der Waals surface area (Å²) in [6.07, 6.45) is 9.90. The van der Waals surface area contributed by atoms with Crippen molar-refractivity contribution in [1.82, 2.24) is 24.1 Å². The van der Waals surface area contributed by atoms with Crippen LogP contribution in [0.4, 0.5) is 4.39 Å². The number of benzene rings is 8. The lowest BCUT2D eigenvalue weighted by Crippen LogP contribution is -2.00. The van der Waals surface area contributed by atoms with E-state index in [2.05, 4.69) is 149 Å². The summed E-state index contributed by atoms with van der Waals surface area (Å²) in [5.41, 5.74) is 14.2. The van der Waals surface area contributed by atoms with E-state index >= 15 is 4.39 Å². The molecule has 1 aliphatic rings. The topological polar surface area (TPSA) is 48.5 Å². The van der Waals surface area contributed by atoms with Gasteiger partial charge in [0.05, 0.1) is 22.2 Å².